The first-order valence-corrected chi connectivity index (χ1v) is 6.82. The van der Waals surface area contributed by atoms with E-state index < -0.39 is 0 Å². The summed E-state index contributed by atoms with van der Waals surface area (Å²) in [4.78, 5) is 23.3. The van der Waals surface area contributed by atoms with Crippen LogP contribution in [0.3, 0.4) is 0 Å². The Balaban J connectivity index is 1.91. The molecule has 5 heteroatoms. The predicted molar refractivity (Wildman–Crippen MR) is 83.4 cm³/mol. The van der Waals surface area contributed by atoms with Gasteiger partial charge in [0.2, 0.25) is 6.41 Å². The molecular formula is C16H15ClN2O2. The van der Waals surface area contributed by atoms with Crippen LogP contribution in [0.2, 0.25) is 5.02 Å². The molecule has 0 radical (unpaired) electrons. The van der Waals surface area contributed by atoms with Gasteiger partial charge in [-0.15, -0.1) is 0 Å². The highest BCUT2D eigenvalue weighted by Gasteiger charge is 2.03. The van der Waals surface area contributed by atoms with Crippen molar-refractivity contribution in [2.75, 3.05) is 12.0 Å². The summed E-state index contributed by atoms with van der Waals surface area (Å²) in [6.07, 6.45) is 1.59. The third-order valence-corrected chi connectivity index (χ3v) is 3.23. The van der Waals surface area contributed by atoms with Gasteiger partial charge in [0.1, 0.15) is 6.29 Å². The number of rotatable bonds is 7. The minimum absolute atomic E-state index is 0.382. The zero-order chi connectivity index (χ0) is 15.1. The quantitative estimate of drug-likeness (QED) is 0.631. The molecule has 0 aromatic heterocycles. The number of nitrogens with one attached hydrogen (secondary N) is 1. The van der Waals surface area contributed by atoms with E-state index in [-0.39, 0.29) is 0 Å². The van der Waals surface area contributed by atoms with Crippen molar-refractivity contribution >= 4 is 30.0 Å². The van der Waals surface area contributed by atoms with Gasteiger partial charge in [-0.25, -0.2) is 0 Å². The SMILES string of the molecule is O=Cc1ccc(NCN(C=O)Cc2ccc(Cl)cc2)cc1. The molecule has 0 aliphatic heterocycles. The molecule has 2 aromatic rings. The number of aldehydes is 1. The van der Waals surface area contributed by atoms with Crippen molar-refractivity contribution in [1.82, 2.24) is 4.90 Å². The lowest BCUT2D eigenvalue weighted by atomic mass is 10.2. The summed E-state index contributed by atoms with van der Waals surface area (Å²) in [7, 11) is 0. The van der Waals surface area contributed by atoms with Crippen LogP contribution < -0.4 is 5.32 Å². The lowest BCUT2D eigenvalue weighted by Crippen LogP contribution is -2.27. The second kappa shape index (κ2) is 7.45. The number of hydrogen-bond acceptors (Lipinski definition) is 3. The van der Waals surface area contributed by atoms with E-state index >= 15 is 0 Å². The number of carbonyl (C=O) groups is 2. The van der Waals surface area contributed by atoms with Gasteiger partial charge in [0.15, 0.2) is 0 Å². The van der Waals surface area contributed by atoms with Crippen LogP contribution in [0.5, 0.6) is 0 Å². The molecule has 0 bridgehead atoms. The van der Waals surface area contributed by atoms with Gasteiger partial charge in [-0.1, -0.05) is 23.7 Å². The molecule has 0 spiro atoms. The Morgan fingerprint density at radius 3 is 2.24 bits per heavy atom. The number of benzene rings is 2. The fraction of sp³-hybridized carbons (Fsp3) is 0.125. The average Bonchev–Trinajstić information content (AvgIpc) is 2.53. The van der Waals surface area contributed by atoms with Crippen LogP contribution in [0.1, 0.15) is 15.9 Å². The minimum Gasteiger partial charge on any atom is -0.368 e. The zero-order valence-electron chi connectivity index (χ0n) is 11.3. The summed E-state index contributed by atoms with van der Waals surface area (Å²) in [6, 6.07) is 14.4. The third-order valence-electron chi connectivity index (χ3n) is 2.98. The summed E-state index contributed by atoms with van der Waals surface area (Å²) in [5.74, 6) is 0. The first-order chi connectivity index (χ1) is 10.2. The zero-order valence-corrected chi connectivity index (χ0v) is 12.1. The van der Waals surface area contributed by atoms with Crippen molar-refractivity contribution in [3.63, 3.8) is 0 Å². The van der Waals surface area contributed by atoms with Crippen LogP contribution in [0.4, 0.5) is 5.69 Å². The Hall–Kier alpha value is -2.33. The van der Waals surface area contributed by atoms with Gasteiger partial charge in [-0.05, 0) is 42.0 Å². The van der Waals surface area contributed by atoms with Crippen LogP contribution in [0.25, 0.3) is 0 Å². The highest BCUT2D eigenvalue weighted by molar-refractivity contribution is 6.30. The predicted octanol–water partition coefficient (Wildman–Crippen LogP) is 3.18. The van der Waals surface area contributed by atoms with Crippen molar-refractivity contribution in [2.24, 2.45) is 0 Å². The molecule has 2 aromatic carbocycles. The molecule has 0 fully saturated rings. The summed E-state index contributed by atoms with van der Waals surface area (Å²) < 4.78 is 0. The normalized spacial score (nSPS) is 9.95. The van der Waals surface area contributed by atoms with Crippen LogP contribution in [0.15, 0.2) is 48.5 Å². The van der Waals surface area contributed by atoms with Gasteiger partial charge < -0.3 is 10.2 Å². The lowest BCUT2D eigenvalue weighted by molar-refractivity contribution is -0.118. The van der Waals surface area contributed by atoms with E-state index in [0.29, 0.717) is 23.8 Å². The Morgan fingerprint density at radius 2 is 1.67 bits per heavy atom. The first-order valence-electron chi connectivity index (χ1n) is 6.44. The Kier molecular flexibility index (Phi) is 5.35. The number of carbonyl (C=O) groups excluding carboxylic acids is 2. The maximum Gasteiger partial charge on any atom is 0.211 e. The number of amides is 1. The summed E-state index contributed by atoms with van der Waals surface area (Å²) in [5.41, 5.74) is 2.47. The van der Waals surface area contributed by atoms with E-state index in [0.717, 1.165) is 23.9 Å². The fourth-order valence-corrected chi connectivity index (χ4v) is 1.95. The molecule has 0 saturated carbocycles. The average molecular weight is 303 g/mol. The molecule has 0 atom stereocenters. The van der Waals surface area contributed by atoms with Gasteiger partial charge in [-0.3, -0.25) is 9.59 Å². The third kappa shape index (κ3) is 4.61. The Bertz CT molecular complexity index is 597. The van der Waals surface area contributed by atoms with Crippen LogP contribution in [-0.2, 0) is 11.3 Å². The number of hydrogen-bond donors (Lipinski definition) is 1. The summed E-state index contributed by atoms with van der Waals surface area (Å²) in [6.45, 7) is 0.882. The maximum atomic E-state index is 11.1. The van der Waals surface area contributed by atoms with Crippen LogP contribution >= 0.6 is 11.6 Å². The van der Waals surface area contributed by atoms with Crippen molar-refractivity contribution in [2.45, 2.75) is 6.54 Å². The molecular weight excluding hydrogens is 288 g/mol. The summed E-state index contributed by atoms with van der Waals surface area (Å²) in [5, 5.41) is 3.80. The molecule has 0 aliphatic carbocycles. The van der Waals surface area contributed by atoms with Crippen molar-refractivity contribution < 1.29 is 9.59 Å². The highest BCUT2D eigenvalue weighted by Crippen LogP contribution is 2.12. The number of anilines is 1. The largest absolute Gasteiger partial charge is 0.368 e. The molecule has 0 heterocycles. The molecule has 0 unspecified atom stereocenters. The fourth-order valence-electron chi connectivity index (χ4n) is 1.83. The number of halogens is 1. The van der Waals surface area contributed by atoms with E-state index in [1.165, 1.54) is 0 Å². The monoisotopic (exact) mass is 302 g/mol. The summed E-state index contributed by atoms with van der Waals surface area (Å²) >= 11 is 5.83. The molecule has 2 rings (SSSR count). The molecule has 0 aliphatic rings. The maximum absolute atomic E-state index is 11.1. The van der Waals surface area contributed by atoms with Crippen LogP contribution in [0, 0.1) is 0 Å². The topological polar surface area (TPSA) is 49.4 Å². The van der Waals surface area contributed by atoms with E-state index in [4.69, 9.17) is 11.6 Å². The molecule has 0 saturated heterocycles. The van der Waals surface area contributed by atoms with Crippen molar-refractivity contribution in [1.29, 1.82) is 0 Å². The van der Waals surface area contributed by atoms with E-state index in [1.807, 2.05) is 12.1 Å². The van der Waals surface area contributed by atoms with Crippen molar-refractivity contribution in [3.05, 3.63) is 64.7 Å². The second-order valence-corrected chi connectivity index (χ2v) is 4.99. The molecule has 1 N–H and O–H groups in total. The van der Waals surface area contributed by atoms with Crippen molar-refractivity contribution in [3.8, 4) is 0 Å². The van der Waals surface area contributed by atoms with E-state index in [2.05, 4.69) is 5.32 Å². The molecule has 4 nitrogen and oxygen atoms in total. The van der Waals surface area contributed by atoms with Gasteiger partial charge >= 0.3 is 0 Å². The second-order valence-electron chi connectivity index (χ2n) is 4.55. The molecule has 1 amide bonds. The van der Waals surface area contributed by atoms with Gasteiger partial charge in [0.25, 0.3) is 0 Å². The molecule has 108 valence electrons. The highest BCUT2D eigenvalue weighted by atomic mass is 35.5. The molecule has 21 heavy (non-hydrogen) atoms. The van der Waals surface area contributed by atoms with Gasteiger partial charge in [0.05, 0.1) is 6.67 Å². The minimum atomic E-state index is 0.382. The van der Waals surface area contributed by atoms with E-state index in [1.54, 1.807) is 41.3 Å². The van der Waals surface area contributed by atoms with Crippen LogP contribution in [-0.4, -0.2) is 24.3 Å². The standard InChI is InChI=1S/C16H15ClN2O2/c17-15-5-1-13(2-6-15)9-19(12-21)11-18-16-7-3-14(10-20)4-8-16/h1-8,10,12,18H,9,11H2. The Labute approximate surface area is 128 Å². The van der Waals surface area contributed by atoms with Gasteiger partial charge in [0, 0.05) is 22.8 Å². The first kappa shape index (κ1) is 15.1. The lowest BCUT2D eigenvalue weighted by Gasteiger charge is -2.19. The smallest absolute Gasteiger partial charge is 0.211 e. The van der Waals surface area contributed by atoms with E-state index in [9.17, 15) is 9.59 Å². The Morgan fingerprint density at radius 1 is 1.00 bits per heavy atom. The van der Waals surface area contributed by atoms with Gasteiger partial charge in [-0.2, -0.15) is 0 Å². The number of nitrogens with zero attached hydrogens (tertiary/aromatic N) is 1.